The zero-order valence-electron chi connectivity index (χ0n) is 10.1. The van der Waals surface area contributed by atoms with E-state index in [1.165, 1.54) is 5.56 Å². The van der Waals surface area contributed by atoms with Crippen molar-refractivity contribution in [2.45, 2.75) is 6.42 Å². The standard InChI is InChI=1S/C14H11N3O2/c1-2-12-9(3-5-18-12)7-10(1)16-14-11-4-6-19-13(11)8-15-17-14/h1-2,4,6-8H,3,5H2,(H,16,17). The fourth-order valence-corrected chi connectivity index (χ4v) is 2.30. The second-order valence-electron chi connectivity index (χ2n) is 4.44. The minimum Gasteiger partial charge on any atom is -0.493 e. The Kier molecular flexibility index (Phi) is 2.17. The number of fused-ring (bicyclic) bond motifs is 2. The summed E-state index contributed by atoms with van der Waals surface area (Å²) in [6, 6.07) is 7.92. The normalized spacial score (nSPS) is 13.3. The number of hydrogen-bond donors (Lipinski definition) is 1. The summed E-state index contributed by atoms with van der Waals surface area (Å²) < 4.78 is 10.8. The molecule has 0 atom stereocenters. The lowest BCUT2D eigenvalue weighted by Crippen LogP contribution is -1.96. The number of aromatic nitrogens is 2. The molecule has 1 N–H and O–H groups in total. The van der Waals surface area contributed by atoms with Gasteiger partial charge in [-0.25, -0.2) is 0 Å². The van der Waals surface area contributed by atoms with Crippen molar-refractivity contribution in [3.05, 3.63) is 42.3 Å². The lowest BCUT2D eigenvalue weighted by atomic mass is 10.1. The van der Waals surface area contributed by atoms with Gasteiger partial charge in [0.2, 0.25) is 0 Å². The first-order valence-electron chi connectivity index (χ1n) is 6.12. The fraction of sp³-hybridized carbons (Fsp3) is 0.143. The highest BCUT2D eigenvalue weighted by atomic mass is 16.5. The summed E-state index contributed by atoms with van der Waals surface area (Å²) in [6.45, 7) is 0.760. The molecule has 1 aliphatic heterocycles. The van der Waals surface area contributed by atoms with Gasteiger partial charge < -0.3 is 14.5 Å². The first-order valence-corrected chi connectivity index (χ1v) is 6.12. The molecule has 4 rings (SSSR count). The Bertz CT molecular complexity index is 751. The number of hydrogen-bond acceptors (Lipinski definition) is 5. The Morgan fingerprint density at radius 1 is 1.21 bits per heavy atom. The third kappa shape index (κ3) is 1.71. The van der Waals surface area contributed by atoms with Gasteiger partial charge in [-0.05, 0) is 29.8 Å². The lowest BCUT2D eigenvalue weighted by Gasteiger charge is -2.07. The molecule has 0 spiro atoms. The fourth-order valence-electron chi connectivity index (χ4n) is 2.30. The van der Waals surface area contributed by atoms with Gasteiger partial charge in [-0.3, -0.25) is 0 Å². The number of furan rings is 1. The summed E-state index contributed by atoms with van der Waals surface area (Å²) in [5.74, 6) is 1.67. The predicted molar refractivity (Wildman–Crippen MR) is 70.7 cm³/mol. The van der Waals surface area contributed by atoms with Gasteiger partial charge in [-0.1, -0.05) is 0 Å². The average molecular weight is 253 g/mol. The summed E-state index contributed by atoms with van der Waals surface area (Å²) in [4.78, 5) is 0. The molecular weight excluding hydrogens is 242 g/mol. The van der Waals surface area contributed by atoms with Crippen LogP contribution in [0.15, 0.2) is 41.1 Å². The minimum atomic E-state index is 0.699. The molecule has 0 radical (unpaired) electrons. The maximum atomic E-state index is 5.49. The number of ether oxygens (including phenoxy) is 1. The van der Waals surface area contributed by atoms with Crippen molar-refractivity contribution in [3.63, 3.8) is 0 Å². The molecule has 0 saturated heterocycles. The second kappa shape index (κ2) is 3.98. The average Bonchev–Trinajstić information content (AvgIpc) is 3.06. The van der Waals surface area contributed by atoms with Gasteiger partial charge in [-0.15, -0.1) is 5.10 Å². The van der Waals surface area contributed by atoms with Crippen LogP contribution in [0.1, 0.15) is 5.56 Å². The molecule has 0 fully saturated rings. The predicted octanol–water partition coefficient (Wildman–Crippen LogP) is 2.90. The van der Waals surface area contributed by atoms with Crippen molar-refractivity contribution in [1.82, 2.24) is 10.2 Å². The van der Waals surface area contributed by atoms with Crippen LogP contribution < -0.4 is 10.1 Å². The third-order valence-electron chi connectivity index (χ3n) is 3.24. The van der Waals surface area contributed by atoms with Crippen molar-refractivity contribution < 1.29 is 9.15 Å². The quantitative estimate of drug-likeness (QED) is 0.760. The maximum absolute atomic E-state index is 5.49. The molecule has 5 nitrogen and oxygen atoms in total. The van der Waals surface area contributed by atoms with Crippen LogP contribution in [0, 0.1) is 0 Å². The molecule has 19 heavy (non-hydrogen) atoms. The molecule has 5 heteroatoms. The maximum Gasteiger partial charge on any atom is 0.164 e. The highest BCUT2D eigenvalue weighted by Gasteiger charge is 2.13. The molecular formula is C14H11N3O2. The van der Waals surface area contributed by atoms with E-state index in [-0.39, 0.29) is 0 Å². The molecule has 3 heterocycles. The van der Waals surface area contributed by atoms with Crippen LogP contribution in [0.2, 0.25) is 0 Å². The Hall–Kier alpha value is -2.56. The van der Waals surface area contributed by atoms with Crippen molar-refractivity contribution in [1.29, 1.82) is 0 Å². The van der Waals surface area contributed by atoms with Crippen LogP contribution >= 0.6 is 0 Å². The van der Waals surface area contributed by atoms with Gasteiger partial charge in [-0.2, -0.15) is 5.10 Å². The molecule has 1 aliphatic rings. The summed E-state index contributed by atoms with van der Waals surface area (Å²) in [5.41, 5.74) is 2.92. The van der Waals surface area contributed by atoms with E-state index >= 15 is 0 Å². The largest absolute Gasteiger partial charge is 0.493 e. The van der Waals surface area contributed by atoms with E-state index in [9.17, 15) is 0 Å². The van der Waals surface area contributed by atoms with Crippen LogP contribution in [-0.4, -0.2) is 16.8 Å². The monoisotopic (exact) mass is 253 g/mol. The first-order chi connectivity index (χ1) is 9.40. The molecule has 94 valence electrons. The zero-order chi connectivity index (χ0) is 12.7. The lowest BCUT2D eigenvalue weighted by molar-refractivity contribution is 0.357. The first kappa shape index (κ1) is 10.4. The van der Waals surface area contributed by atoms with Gasteiger partial charge in [0.15, 0.2) is 11.4 Å². The van der Waals surface area contributed by atoms with E-state index in [2.05, 4.69) is 21.6 Å². The van der Waals surface area contributed by atoms with Gasteiger partial charge in [0.25, 0.3) is 0 Å². The van der Waals surface area contributed by atoms with E-state index in [0.29, 0.717) is 5.82 Å². The topological polar surface area (TPSA) is 60.2 Å². The highest BCUT2D eigenvalue weighted by Crippen LogP contribution is 2.30. The van der Waals surface area contributed by atoms with Crippen molar-refractivity contribution in [2.75, 3.05) is 11.9 Å². The number of nitrogens with zero attached hydrogens (tertiary/aromatic N) is 2. The molecule has 1 aromatic carbocycles. The molecule has 0 unspecified atom stereocenters. The van der Waals surface area contributed by atoms with Crippen LogP contribution in [0.4, 0.5) is 11.5 Å². The summed E-state index contributed by atoms with van der Waals surface area (Å²) in [6.07, 6.45) is 4.19. The van der Waals surface area contributed by atoms with E-state index in [0.717, 1.165) is 35.4 Å². The van der Waals surface area contributed by atoms with Crippen LogP contribution in [0.3, 0.4) is 0 Å². The highest BCUT2D eigenvalue weighted by molar-refractivity contribution is 5.89. The number of benzene rings is 1. The van der Waals surface area contributed by atoms with E-state index in [1.807, 2.05) is 18.2 Å². The zero-order valence-corrected chi connectivity index (χ0v) is 10.1. The number of nitrogens with one attached hydrogen (secondary N) is 1. The summed E-state index contributed by atoms with van der Waals surface area (Å²) in [7, 11) is 0. The number of anilines is 2. The molecule has 3 aromatic rings. The van der Waals surface area contributed by atoms with Crippen LogP contribution in [0.5, 0.6) is 5.75 Å². The second-order valence-corrected chi connectivity index (χ2v) is 4.44. The van der Waals surface area contributed by atoms with Gasteiger partial charge in [0.1, 0.15) is 5.75 Å². The van der Waals surface area contributed by atoms with E-state index in [1.54, 1.807) is 12.5 Å². The van der Waals surface area contributed by atoms with Gasteiger partial charge >= 0.3 is 0 Å². The molecule has 0 aliphatic carbocycles. The van der Waals surface area contributed by atoms with Gasteiger partial charge in [0, 0.05) is 12.1 Å². The Morgan fingerprint density at radius 2 is 2.21 bits per heavy atom. The van der Waals surface area contributed by atoms with Gasteiger partial charge in [0.05, 0.1) is 24.5 Å². The third-order valence-corrected chi connectivity index (χ3v) is 3.24. The van der Waals surface area contributed by atoms with Crippen molar-refractivity contribution in [3.8, 4) is 5.75 Å². The number of rotatable bonds is 2. The Labute approximate surface area is 109 Å². The minimum absolute atomic E-state index is 0.699. The molecule has 2 aromatic heterocycles. The van der Waals surface area contributed by atoms with Crippen molar-refractivity contribution in [2.24, 2.45) is 0 Å². The van der Waals surface area contributed by atoms with E-state index in [4.69, 9.17) is 9.15 Å². The summed E-state index contributed by atoms with van der Waals surface area (Å²) in [5, 5.41) is 12.2. The van der Waals surface area contributed by atoms with E-state index < -0.39 is 0 Å². The van der Waals surface area contributed by atoms with Crippen molar-refractivity contribution >= 4 is 22.5 Å². The Balaban J connectivity index is 1.73. The molecule has 0 saturated carbocycles. The van der Waals surface area contributed by atoms with Crippen LogP contribution in [-0.2, 0) is 6.42 Å². The van der Waals surface area contributed by atoms with Crippen LogP contribution in [0.25, 0.3) is 11.0 Å². The smallest absolute Gasteiger partial charge is 0.164 e. The molecule has 0 bridgehead atoms. The summed E-state index contributed by atoms with van der Waals surface area (Å²) >= 11 is 0. The molecule has 0 amide bonds. The SMILES string of the molecule is c1cc2c(Nc3ccc4c(c3)CCO4)nncc2o1. The Morgan fingerprint density at radius 3 is 3.21 bits per heavy atom.